The highest BCUT2D eigenvalue weighted by Gasteiger charge is 2.28. The highest BCUT2D eigenvalue weighted by molar-refractivity contribution is 6.08. The van der Waals surface area contributed by atoms with Gasteiger partial charge in [0.05, 0.1) is 46.4 Å². The Bertz CT molecular complexity index is 1700. The summed E-state index contributed by atoms with van der Waals surface area (Å²) in [5.41, 5.74) is 7.69. The second kappa shape index (κ2) is 8.93. The summed E-state index contributed by atoms with van der Waals surface area (Å²) in [7, 11) is 4.07. The van der Waals surface area contributed by atoms with E-state index >= 15 is 0 Å². The van der Waals surface area contributed by atoms with E-state index in [0.29, 0.717) is 30.2 Å². The first-order valence-electron chi connectivity index (χ1n) is 12.7. The van der Waals surface area contributed by atoms with Gasteiger partial charge in [0.1, 0.15) is 12.1 Å². The molecule has 1 atom stereocenters. The molecule has 1 amide bonds. The number of benzene rings is 1. The van der Waals surface area contributed by atoms with Crippen molar-refractivity contribution in [3.63, 3.8) is 0 Å². The van der Waals surface area contributed by atoms with Crippen LogP contribution in [0.15, 0.2) is 53.5 Å². The Morgan fingerprint density at radius 3 is 2.95 bits per heavy atom. The molecule has 0 saturated carbocycles. The van der Waals surface area contributed by atoms with Gasteiger partial charge in [-0.25, -0.2) is 14.5 Å². The van der Waals surface area contributed by atoms with Gasteiger partial charge in [-0.05, 0) is 56.3 Å². The number of ether oxygens (including phenoxy) is 1. The summed E-state index contributed by atoms with van der Waals surface area (Å²) in [5.74, 6) is 0.584. The number of pyridine rings is 1. The van der Waals surface area contributed by atoms with Crippen LogP contribution in [0.3, 0.4) is 0 Å². The minimum atomic E-state index is -0.111. The first kappa shape index (κ1) is 22.9. The molecule has 6 heterocycles. The largest absolute Gasteiger partial charge is 0.446 e. The van der Waals surface area contributed by atoms with Crippen molar-refractivity contribution in [2.75, 3.05) is 26.0 Å². The topological polar surface area (TPSA) is 110 Å². The summed E-state index contributed by atoms with van der Waals surface area (Å²) in [4.78, 5) is 24.4. The molecule has 1 saturated heterocycles. The third-order valence-corrected chi connectivity index (χ3v) is 7.25. The van der Waals surface area contributed by atoms with E-state index in [1.165, 1.54) is 0 Å². The zero-order valence-corrected chi connectivity index (χ0v) is 21.2. The highest BCUT2D eigenvalue weighted by Crippen LogP contribution is 2.38. The summed E-state index contributed by atoms with van der Waals surface area (Å²) < 4.78 is 13.2. The first-order valence-corrected chi connectivity index (χ1v) is 12.7. The number of anilines is 2. The van der Waals surface area contributed by atoms with Gasteiger partial charge >= 0.3 is 0 Å². The second-order valence-electron chi connectivity index (χ2n) is 10.0. The molecule has 38 heavy (non-hydrogen) atoms. The van der Waals surface area contributed by atoms with Gasteiger partial charge in [0.15, 0.2) is 0 Å². The van der Waals surface area contributed by atoms with Crippen LogP contribution >= 0.6 is 0 Å². The Morgan fingerprint density at radius 1 is 1.18 bits per heavy atom. The van der Waals surface area contributed by atoms with Gasteiger partial charge < -0.3 is 24.7 Å². The normalized spacial score (nSPS) is 17.0. The van der Waals surface area contributed by atoms with E-state index in [1.807, 2.05) is 44.6 Å². The fourth-order valence-corrected chi connectivity index (χ4v) is 5.57. The number of fused-ring (bicyclic) bond motifs is 4. The molecule has 2 aliphatic rings. The van der Waals surface area contributed by atoms with Crippen molar-refractivity contribution in [1.82, 2.24) is 29.8 Å². The molecule has 7 rings (SSSR count). The van der Waals surface area contributed by atoms with Crippen molar-refractivity contribution in [3.8, 4) is 11.1 Å². The maximum atomic E-state index is 13.0. The quantitative estimate of drug-likeness (QED) is 0.346. The van der Waals surface area contributed by atoms with Crippen LogP contribution in [0.5, 0.6) is 0 Å². The smallest absolute Gasteiger partial charge is 0.254 e. The molecular formula is C28H27N7O3. The number of nitrogens with zero attached hydrogens (tertiary/aromatic N) is 5. The molecule has 2 aliphatic heterocycles. The average molecular weight is 510 g/mol. The van der Waals surface area contributed by atoms with Crippen LogP contribution in [0.25, 0.3) is 27.7 Å². The van der Waals surface area contributed by atoms with Gasteiger partial charge in [0.25, 0.3) is 5.91 Å². The third-order valence-electron chi connectivity index (χ3n) is 7.25. The average Bonchev–Trinajstić information content (AvgIpc) is 3.70. The number of aromatic nitrogens is 4. The summed E-state index contributed by atoms with van der Waals surface area (Å²) in [6.07, 6.45) is 7.24. The summed E-state index contributed by atoms with van der Waals surface area (Å²) in [5, 5.41) is 11.8. The Kier molecular flexibility index (Phi) is 5.38. The van der Waals surface area contributed by atoms with E-state index in [1.54, 1.807) is 17.1 Å². The predicted molar refractivity (Wildman–Crippen MR) is 142 cm³/mol. The molecule has 10 heteroatoms. The SMILES string of the molecule is CN(C)Cc1nc(Nc2ccc(-c3cnn4cnc5occc5c34)c3c2C(=O)NC3)ccc1[C@H]1CCCO1. The number of hydrogen-bond donors (Lipinski definition) is 2. The van der Waals surface area contributed by atoms with Crippen LogP contribution in [0.1, 0.15) is 46.1 Å². The van der Waals surface area contributed by atoms with Crippen molar-refractivity contribution >= 4 is 34.0 Å². The molecule has 2 N–H and O–H groups in total. The van der Waals surface area contributed by atoms with Crippen LogP contribution in [0.4, 0.5) is 11.5 Å². The standard InChI is InChI=1S/C28H27N7O3/c1-34(2)14-22-17(23-4-3-10-37-23)6-8-24(33-22)32-21-7-5-16(19-12-29-27(36)25(19)21)20-13-31-35-15-30-28-18(26(20)35)9-11-38-28/h5-9,11,13,15,23H,3-4,10,12,14H2,1-2H3,(H,29,36)(H,32,33)/t23-/m1/s1. The minimum Gasteiger partial charge on any atom is -0.446 e. The maximum Gasteiger partial charge on any atom is 0.254 e. The minimum absolute atomic E-state index is 0.0866. The number of hydrogen-bond acceptors (Lipinski definition) is 8. The van der Waals surface area contributed by atoms with Crippen molar-refractivity contribution < 1.29 is 13.9 Å². The Morgan fingerprint density at radius 2 is 2.11 bits per heavy atom. The molecule has 10 nitrogen and oxygen atoms in total. The van der Waals surface area contributed by atoms with Gasteiger partial charge in [0, 0.05) is 30.8 Å². The van der Waals surface area contributed by atoms with E-state index < -0.39 is 0 Å². The lowest BCUT2D eigenvalue weighted by Gasteiger charge is -2.19. The number of carbonyl (C=O) groups is 1. The Labute approximate surface area is 218 Å². The fourth-order valence-electron chi connectivity index (χ4n) is 5.57. The van der Waals surface area contributed by atoms with E-state index in [2.05, 4.69) is 31.7 Å². The van der Waals surface area contributed by atoms with Gasteiger partial charge in [-0.15, -0.1) is 0 Å². The van der Waals surface area contributed by atoms with E-state index in [-0.39, 0.29) is 12.0 Å². The van der Waals surface area contributed by atoms with Crippen LogP contribution < -0.4 is 10.6 Å². The number of rotatable bonds is 6. The van der Waals surface area contributed by atoms with E-state index in [0.717, 1.165) is 64.0 Å². The first-order chi connectivity index (χ1) is 18.6. The molecule has 192 valence electrons. The number of furan rings is 1. The van der Waals surface area contributed by atoms with Crippen molar-refractivity contribution in [1.29, 1.82) is 0 Å². The molecule has 4 aromatic heterocycles. The number of amides is 1. The van der Waals surface area contributed by atoms with Gasteiger partial charge in [-0.1, -0.05) is 12.1 Å². The molecule has 0 unspecified atom stereocenters. The molecule has 5 aromatic rings. The van der Waals surface area contributed by atoms with Gasteiger partial charge in [-0.3, -0.25) is 4.79 Å². The highest BCUT2D eigenvalue weighted by atomic mass is 16.5. The molecular weight excluding hydrogens is 482 g/mol. The fraction of sp³-hybridized carbons (Fsp3) is 0.286. The molecule has 1 fully saturated rings. The zero-order valence-electron chi connectivity index (χ0n) is 21.2. The second-order valence-corrected chi connectivity index (χ2v) is 10.0. The monoisotopic (exact) mass is 509 g/mol. The summed E-state index contributed by atoms with van der Waals surface area (Å²) in [6.45, 7) is 1.93. The Balaban J connectivity index is 1.29. The predicted octanol–water partition coefficient (Wildman–Crippen LogP) is 4.44. The lowest BCUT2D eigenvalue weighted by atomic mass is 9.96. The molecule has 0 spiro atoms. The number of carbonyl (C=O) groups excluding carboxylic acids is 1. The zero-order chi connectivity index (χ0) is 25.8. The summed E-state index contributed by atoms with van der Waals surface area (Å²) in [6, 6.07) is 9.93. The molecule has 1 aromatic carbocycles. The lowest BCUT2D eigenvalue weighted by Crippen LogP contribution is -2.16. The molecule has 0 bridgehead atoms. The van der Waals surface area contributed by atoms with Crippen LogP contribution in [0, 0.1) is 0 Å². The van der Waals surface area contributed by atoms with Crippen molar-refractivity contribution in [2.45, 2.75) is 32.0 Å². The number of nitrogens with one attached hydrogen (secondary N) is 2. The van der Waals surface area contributed by atoms with Gasteiger partial charge in [0.2, 0.25) is 5.71 Å². The molecule has 0 radical (unpaired) electrons. The summed E-state index contributed by atoms with van der Waals surface area (Å²) >= 11 is 0. The van der Waals surface area contributed by atoms with Crippen LogP contribution in [-0.4, -0.2) is 51.1 Å². The van der Waals surface area contributed by atoms with Crippen LogP contribution in [0.2, 0.25) is 0 Å². The lowest BCUT2D eigenvalue weighted by molar-refractivity contribution is 0.0966. The van der Waals surface area contributed by atoms with Crippen molar-refractivity contribution in [2.24, 2.45) is 0 Å². The van der Waals surface area contributed by atoms with E-state index in [9.17, 15) is 4.79 Å². The van der Waals surface area contributed by atoms with Gasteiger partial charge in [-0.2, -0.15) is 5.10 Å². The maximum absolute atomic E-state index is 13.0. The Hall–Kier alpha value is -4.28. The van der Waals surface area contributed by atoms with E-state index in [4.69, 9.17) is 14.1 Å². The van der Waals surface area contributed by atoms with Crippen LogP contribution in [-0.2, 0) is 17.8 Å². The third kappa shape index (κ3) is 3.72. The molecule has 0 aliphatic carbocycles. The van der Waals surface area contributed by atoms with Crippen molar-refractivity contribution in [3.05, 3.63) is 71.5 Å².